The minimum absolute atomic E-state index is 0.0582. The quantitative estimate of drug-likeness (QED) is 0.601. The molecule has 28 heavy (non-hydrogen) atoms. The molecule has 8 heteroatoms. The lowest BCUT2D eigenvalue weighted by Crippen LogP contribution is -2.14. The van der Waals surface area contributed by atoms with Crippen LogP contribution in [-0.4, -0.2) is 13.4 Å². The van der Waals surface area contributed by atoms with Gasteiger partial charge in [-0.15, -0.1) is 0 Å². The first kappa shape index (κ1) is 20.3. The topological polar surface area (TPSA) is 68.3 Å². The highest BCUT2D eigenvalue weighted by molar-refractivity contribution is 7.92. The first-order valence-corrected chi connectivity index (χ1v) is 10.3. The van der Waals surface area contributed by atoms with Gasteiger partial charge >= 0.3 is 0 Å². The van der Waals surface area contributed by atoms with Crippen molar-refractivity contribution < 1.29 is 17.5 Å². The number of pyridine rings is 1. The van der Waals surface area contributed by atoms with Gasteiger partial charge in [0.05, 0.1) is 23.8 Å². The minimum Gasteiger partial charge on any atom is -0.370 e. The number of anilines is 1. The fraction of sp³-hybridized carbons (Fsp3) is 0.150. The number of hydrogen-bond donors (Lipinski definition) is 1. The highest BCUT2D eigenvalue weighted by Gasteiger charge is 2.16. The van der Waals surface area contributed by atoms with E-state index in [1.54, 1.807) is 43.3 Å². The van der Waals surface area contributed by atoms with Gasteiger partial charge in [-0.1, -0.05) is 35.9 Å². The van der Waals surface area contributed by atoms with E-state index >= 15 is 0 Å². The van der Waals surface area contributed by atoms with Crippen LogP contribution in [0.25, 0.3) is 0 Å². The molecule has 0 unspecified atom stereocenters. The molecule has 2 aromatic carbocycles. The maximum Gasteiger partial charge on any atom is 0.263 e. The third kappa shape index (κ3) is 5.28. The van der Waals surface area contributed by atoms with Crippen LogP contribution in [0.15, 0.2) is 65.6 Å². The van der Waals surface area contributed by atoms with E-state index in [1.807, 2.05) is 0 Å². The van der Waals surface area contributed by atoms with E-state index in [0.717, 1.165) is 11.1 Å². The van der Waals surface area contributed by atoms with Crippen LogP contribution in [0, 0.1) is 12.7 Å². The van der Waals surface area contributed by atoms with Crippen molar-refractivity contribution >= 4 is 27.4 Å². The van der Waals surface area contributed by atoms with Crippen molar-refractivity contribution in [2.75, 3.05) is 4.72 Å². The molecule has 1 heterocycles. The Labute approximate surface area is 168 Å². The van der Waals surface area contributed by atoms with Crippen LogP contribution in [0.1, 0.15) is 16.8 Å². The molecule has 0 aliphatic rings. The molecule has 0 saturated carbocycles. The summed E-state index contributed by atoms with van der Waals surface area (Å²) in [5.74, 6) is -0.125. The number of nitrogens with one attached hydrogen (secondary N) is 1. The second-order valence-corrected chi connectivity index (χ2v) is 8.24. The van der Waals surface area contributed by atoms with Gasteiger partial charge < -0.3 is 4.74 Å². The summed E-state index contributed by atoms with van der Waals surface area (Å²) in [6.45, 7) is 2.27. The van der Waals surface area contributed by atoms with E-state index in [0.29, 0.717) is 17.3 Å². The average Bonchev–Trinajstić information content (AvgIpc) is 2.65. The number of nitrogens with zero attached hydrogens (tertiary/aromatic N) is 1. The molecular formula is C20H18ClFN2O3S. The van der Waals surface area contributed by atoms with Gasteiger partial charge in [-0.3, -0.25) is 4.72 Å². The van der Waals surface area contributed by atoms with Crippen LogP contribution in [0.4, 0.5) is 10.2 Å². The molecule has 0 spiro atoms. The third-order valence-electron chi connectivity index (χ3n) is 3.93. The summed E-state index contributed by atoms with van der Waals surface area (Å²) in [7, 11) is -3.81. The Kier molecular flexibility index (Phi) is 6.28. The van der Waals surface area contributed by atoms with E-state index in [-0.39, 0.29) is 23.1 Å². The van der Waals surface area contributed by atoms with Crippen molar-refractivity contribution in [3.8, 4) is 0 Å². The Morgan fingerprint density at radius 3 is 2.54 bits per heavy atom. The number of aryl methyl sites for hydroxylation is 1. The normalized spacial score (nSPS) is 11.4. The van der Waals surface area contributed by atoms with Crippen LogP contribution in [0.5, 0.6) is 0 Å². The zero-order valence-corrected chi connectivity index (χ0v) is 16.6. The second-order valence-electron chi connectivity index (χ2n) is 6.15. The maximum absolute atomic E-state index is 12.9. The van der Waals surface area contributed by atoms with Gasteiger partial charge in [-0.05, 0) is 54.4 Å². The first-order chi connectivity index (χ1) is 13.3. The number of rotatable bonds is 7. The van der Waals surface area contributed by atoms with Crippen molar-refractivity contribution in [1.29, 1.82) is 0 Å². The predicted molar refractivity (Wildman–Crippen MR) is 106 cm³/mol. The van der Waals surface area contributed by atoms with Crippen LogP contribution in [0.2, 0.25) is 5.02 Å². The Hall–Kier alpha value is -2.48. The summed E-state index contributed by atoms with van der Waals surface area (Å²) >= 11 is 6.02. The van der Waals surface area contributed by atoms with Gasteiger partial charge in [0.15, 0.2) is 0 Å². The van der Waals surface area contributed by atoms with Crippen molar-refractivity contribution in [1.82, 2.24) is 4.98 Å². The van der Waals surface area contributed by atoms with Crippen molar-refractivity contribution in [3.05, 3.63) is 88.3 Å². The van der Waals surface area contributed by atoms with Gasteiger partial charge in [0.25, 0.3) is 10.0 Å². The summed E-state index contributed by atoms with van der Waals surface area (Å²) in [5.41, 5.74) is 2.18. The molecule has 146 valence electrons. The molecule has 0 aliphatic heterocycles. The van der Waals surface area contributed by atoms with E-state index in [2.05, 4.69) is 9.71 Å². The molecule has 3 rings (SSSR count). The lowest BCUT2D eigenvalue weighted by molar-refractivity contribution is 0.104. The predicted octanol–water partition coefficient (Wildman–Crippen LogP) is 4.70. The van der Waals surface area contributed by atoms with E-state index in [1.165, 1.54) is 24.3 Å². The molecule has 1 N–H and O–H groups in total. The number of ether oxygens (including phenoxy) is 1. The van der Waals surface area contributed by atoms with Crippen LogP contribution >= 0.6 is 11.6 Å². The summed E-state index contributed by atoms with van der Waals surface area (Å²) in [5, 5.41) is 0.374. The monoisotopic (exact) mass is 420 g/mol. The zero-order valence-electron chi connectivity index (χ0n) is 15.0. The highest BCUT2D eigenvalue weighted by Crippen LogP contribution is 2.22. The summed E-state index contributed by atoms with van der Waals surface area (Å²) in [4.78, 5) is 4.32. The Balaban J connectivity index is 1.65. The standard InChI is InChI=1S/C20H18ClFN2O3S/c1-14-5-10-18(11-19(14)21)28(25,26)24-20-4-2-3-17(23-20)13-27-12-15-6-8-16(22)9-7-15/h2-11H,12-13H2,1H3,(H,23,24). The van der Waals surface area contributed by atoms with E-state index < -0.39 is 10.0 Å². The molecule has 0 radical (unpaired) electrons. The molecule has 0 aliphatic carbocycles. The van der Waals surface area contributed by atoms with Gasteiger partial charge in [0, 0.05) is 5.02 Å². The minimum atomic E-state index is -3.81. The molecule has 0 amide bonds. The molecule has 0 saturated heterocycles. The molecule has 0 fully saturated rings. The van der Waals surface area contributed by atoms with E-state index in [4.69, 9.17) is 16.3 Å². The molecule has 3 aromatic rings. The Morgan fingerprint density at radius 2 is 1.82 bits per heavy atom. The van der Waals surface area contributed by atoms with Crippen molar-refractivity contribution in [2.24, 2.45) is 0 Å². The molecule has 5 nitrogen and oxygen atoms in total. The molecule has 0 bridgehead atoms. The van der Waals surface area contributed by atoms with Gasteiger partial charge in [0.1, 0.15) is 11.6 Å². The number of halogens is 2. The van der Waals surface area contributed by atoms with Crippen molar-refractivity contribution in [2.45, 2.75) is 25.0 Å². The SMILES string of the molecule is Cc1ccc(S(=O)(=O)Nc2cccc(COCc3ccc(F)cc3)n2)cc1Cl. The van der Waals surface area contributed by atoms with Gasteiger partial charge in [-0.25, -0.2) is 17.8 Å². The summed E-state index contributed by atoms with van der Waals surface area (Å²) in [6.07, 6.45) is 0. The smallest absolute Gasteiger partial charge is 0.263 e. The van der Waals surface area contributed by atoms with Crippen molar-refractivity contribution in [3.63, 3.8) is 0 Å². The lowest BCUT2D eigenvalue weighted by Gasteiger charge is -2.10. The number of sulfonamides is 1. The largest absolute Gasteiger partial charge is 0.370 e. The van der Waals surface area contributed by atoms with Crippen LogP contribution < -0.4 is 4.72 Å². The molecule has 1 aromatic heterocycles. The highest BCUT2D eigenvalue weighted by atomic mass is 35.5. The zero-order chi connectivity index (χ0) is 20.1. The van der Waals surface area contributed by atoms with Gasteiger partial charge in [0.2, 0.25) is 0 Å². The second kappa shape index (κ2) is 8.68. The number of aromatic nitrogens is 1. The fourth-order valence-corrected chi connectivity index (χ4v) is 3.68. The Bertz CT molecular complexity index is 1070. The summed E-state index contributed by atoms with van der Waals surface area (Å²) < 4.78 is 46.0. The molecule has 0 atom stereocenters. The first-order valence-electron chi connectivity index (χ1n) is 8.40. The van der Waals surface area contributed by atoms with E-state index in [9.17, 15) is 12.8 Å². The lowest BCUT2D eigenvalue weighted by atomic mass is 10.2. The third-order valence-corrected chi connectivity index (χ3v) is 5.69. The number of hydrogen-bond acceptors (Lipinski definition) is 4. The summed E-state index contributed by atoms with van der Waals surface area (Å²) in [6, 6.07) is 15.5. The van der Waals surface area contributed by atoms with Crippen LogP contribution in [-0.2, 0) is 28.0 Å². The Morgan fingerprint density at radius 1 is 1.07 bits per heavy atom. The van der Waals surface area contributed by atoms with Crippen LogP contribution in [0.3, 0.4) is 0 Å². The maximum atomic E-state index is 12.9. The fourth-order valence-electron chi connectivity index (χ4n) is 2.41. The average molecular weight is 421 g/mol. The molecular weight excluding hydrogens is 403 g/mol. The van der Waals surface area contributed by atoms with Gasteiger partial charge in [-0.2, -0.15) is 0 Å². The number of benzene rings is 2.